The van der Waals surface area contributed by atoms with Crippen LogP contribution in [0.3, 0.4) is 0 Å². The van der Waals surface area contributed by atoms with E-state index in [4.69, 9.17) is 9.97 Å². The summed E-state index contributed by atoms with van der Waals surface area (Å²) in [7, 11) is 0. The average Bonchev–Trinajstić information content (AvgIpc) is 3.58. The highest BCUT2D eigenvalue weighted by atomic mass is 32.1. The highest BCUT2D eigenvalue weighted by Gasteiger charge is 2.23. The normalized spacial score (nSPS) is 11.9. The molecule has 236 valence electrons. The molecule has 0 aliphatic heterocycles. The maximum Gasteiger partial charge on any atom is 0.308 e. The number of H-pyrrole nitrogens is 1. The molecule has 2 heterocycles. The van der Waals surface area contributed by atoms with Crippen molar-refractivity contribution in [1.82, 2.24) is 9.97 Å². The zero-order valence-corrected chi connectivity index (χ0v) is 28.2. The van der Waals surface area contributed by atoms with E-state index in [1.165, 1.54) is 74.4 Å². The van der Waals surface area contributed by atoms with Gasteiger partial charge in [0.2, 0.25) is 0 Å². The van der Waals surface area contributed by atoms with Crippen LogP contribution in [0.4, 0.5) is 0 Å². The van der Waals surface area contributed by atoms with Gasteiger partial charge in [0.25, 0.3) is 11.6 Å². The lowest BCUT2D eigenvalue weighted by Crippen LogP contribution is -2.17. The SMILES string of the molecule is c1ccc(-c2nc(-c3ccccc3)[nH+]c(-c3cccc4sc5ccc(-c6ccc7c8cccc9cccc(c%10cccc6c%107)c98)cc5c34)n2)cc1. The molecule has 0 aliphatic carbocycles. The maximum atomic E-state index is 5.17. The molecule has 11 aromatic rings. The lowest BCUT2D eigenvalue weighted by molar-refractivity contribution is -0.359. The minimum absolute atomic E-state index is 0.696. The second kappa shape index (κ2) is 11.0. The molecular formula is C47H28N3S+. The molecule has 0 atom stereocenters. The first-order valence-corrected chi connectivity index (χ1v) is 18.1. The fraction of sp³-hybridized carbons (Fsp3) is 0. The summed E-state index contributed by atoms with van der Waals surface area (Å²) in [6.45, 7) is 0. The van der Waals surface area contributed by atoms with Crippen molar-refractivity contribution in [3.05, 3.63) is 164 Å². The summed E-state index contributed by atoms with van der Waals surface area (Å²) in [5, 5.41) is 12.9. The molecule has 0 saturated carbocycles. The molecule has 0 unspecified atom stereocenters. The van der Waals surface area contributed by atoms with Crippen molar-refractivity contribution < 1.29 is 4.98 Å². The van der Waals surface area contributed by atoms with Gasteiger partial charge in [-0.25, -0.2) is 4.98 Å². The van der Waals surface area contributed by atoms with Crippen LogP contribution in [0.5, 0.6) is 0 Å². The van der Waals surface area contributed by atoms with E-state index in [1.54, 1.807) is 0 Å². The summed E-state index contributed by atoms with van der Waals surface area (Å²) in [5.41, 5.74) is 5.52. The van der Waals surface area contributed by atoms with E-state index in [9.17, 15) is 0 Å². The molecule has 0 fully saturated rings. The Balaban J connectivity index is 1.15. The first-order chi connectivity index (χ1) is 25.3. The Labute approximate surface area is 297 Å². The number of hydrogen-bond donors (Lipinski definition) is 0. The summed E-state index contributed by atoms with van der Waals surface area (Å²) >= 11 is 1.83. The standard InChI is InChI=1S/C47H27N3S/c1-3-11-29(12-4-1)45-48-46(30-13-5-2-6-14-30)50-47(49-45)38-21-10-22-41-44(38)39-27-31(23-26-40(39)51-41)32-24-25-37-35-18-8-16-28-15-7-17-34(42(28)35)36-20-9-19-33(32)43(36)37/h1-27H/p+1. The predicted octanol–water partition coefficient (Wildman–Crippen LogP) is 12.4. The molecule has 2 aromatic heterocycles. The fourth-order valence-corrected chi connectivity index (χ4v) is 9.18. The summed E-state index contributed by atoms with van der Waals surface area (Å²) in [6, 6.07) is 58.8. The summed E-state index contributed by atoms with van der Waals surface area (Å²) in [5.74, 6) is 2.28. The molecule has 0 radical (unpaired) electrons. The molecule has 0 aliphatic rings. The van der Waals surface area contributed by atoms with E-state index in [0.29, 0.717) is 5.82 Å². The van der Waals surface area contributed by atoms with Crippen molar-refractivity contribution in [3.8, 4) is 45.3 Å². The molecule has 1 N–H and O–H groups in total. The van der Waals surface area contributed by atoms with Gasteiger partial charge in [0.1, 0.15) is 0 Å². The predicted molar refractivity (Wildman–Crippen MR) is 214 cm³/mol. The first-order valence-electron chi connectivity index (χ1n) is 17.2. The number of aromatic amines is 1. The van der Waals surface area contributed by atoms with Gasteiger partial charge >= 0.3 is 5.82 Å². The Kier molecular flexibility index (Phi) is 6.12. The summed E-state index contributed by atoms with van der Waals surface area (Å²) in [6.07, 6.45) is 0. The van der Waals surface area contributed by atoms with Gasteiger partial charge in [-0.15, -0.1) is 11.3 Å². The van der Waals surface area contributed by atoms with E-state index in [1.807, 2.05) is 47.7 Å². The smallest absolute Gasteiger partial charge is 0.240 e. The minimum Gasteiger partial charge on any atom is -0.240 e. The quantitative estimate of drug-likeness (QED) is 0.139. The lowest BCUT2D eigenvalue weighted by Gasteiger charge is -2.16. The molecule has 0 spiro atoms. The monoisotopic (exact) mass is 666 g/mol. The average molecular weight is 667 g/mol. The van der Waals surface area contributed by atoms with Gasteiger partial charge in [0, 0.05) is 20.2 Å². The van der Waals surface area contributed by atoms with Crippen molar-refractivity contribution in [1.29, 1.82) is 0 Å². The Morgan fingerprint density at radius 1 is 0.373 bits per heavy atom. The Morgan fingerprint density at radius 3 is 1.80 bits per heavy atom. The number of nitrogens with zero attached hydrogens (tertiary/aromatic N) is 2. The van der Waals surface area contributed by atoms with E-state index >= 15 is 0 Å². The molecule has 4 heteroatoms. The first kappa shape index (κ1) is 28.4. The second-order valence-corrected chi connectivity index (χ2v) is 14.3. The van der Waals surface area contributed by atoms with Crippen molar-refractivity contribution in [2.45, 2.75) is 0 Å². The van der Waals surface area contributed by atoms with Crippen LogP contribution in [-0.4, -0.2) is 9.97 Å². The van der Waals surface area contributed by atoms with Crippen LogP contribution in [0.1, 0.15) is 0 Å². The largest absolute Gasteiger partial charge is 0.308 e. The van der Waals surface area contributed by atoms with Crippen molar-refractivity contribution in [2.24, 2.45) is 0 Å². The highest BCUT2D eigenvalue weighted by molar-refractivity contribution is 7.26. The van der Waals surface area contributed by atoms with Crippen LogP contribution >= 0.6 is 11.3 Å². The lowest BCUT2D eigenvalue weighted by atomic mass is 9.87. The molecule has 0 saturated heterocycles. The van der Waals surface area contributed by atoms with E-state index in [0.717, 1.165) is 28.3 Å². The number of hydrogen-bond acceptors (Lipinski definition) is 3. The van der Waals surface area contributed by atoms with Crippen LogP contribution in [0.25, 0.3) is 109 Å². The van der Waals surface area contributed by atoms with Gasteiger partial charge in [-0.05, 0) is 103 Å². The minimum atomic E-state index is 0.696. The Hall–Kier alpha value is -6.49. The maximum absolute atomic E-state index is 5.17. The van der Waals surface area contributed by atoms with Crippen LogP contribution in [0, 0.1) is 0 Å². The molecule has 3 nitrogen and oxygen atoms in total. The third-order valence-corrected chi connectivity index (χ3v) is 11.5. The number of rotatable bonds is 4. The number of nitrogens with one attached hydrogen (secondary N) is 1. The zero-order chi connectivity index (χ0) is 33.5. The van der Waals surface area contributed by atoms with Gasteiger partial charge in [-0.2, -0.15) is 0 Å². The summed E-state index contributed by atoms with van der Waals surface area (Å²) < 4.78 is 2.49. The molecule has 51 heavy (non-hydrogen) atoms. The van der Waals surface area contributed by atoms with Crippen LogP contribution in [0.2, 0.25) is 0 Å². The zero-order valence-electron chi connectivity index (χ0n) is 27.4. The van der Waals surface area contributed by atoms with Crippen LogP contribution in [-0.2, 0) is 0 Å². The number of benzene rings is 9. The molecule has 0 bridgehead atoms. The molecule has 11 rings (SSSR count). The van der Waals surface area contributed by atoms with Crippen LogP contribution < -0.4 is 4.98 Å². The Bertz CT molecular complexity index is 3020. The van der Waals surface area contributed by atoms with Crippen molar-refractivity contribution in [2.75, 3.05) is 0 Å². The highest BCUT2D eigenvalue weighted by Crippen LogP contribution is 2.45. The third kappa shape index (κ3) is 4.33. The van der Waals surface area contributed by atoms with Crippen LogP contribution in [0.15, 0.2) is 164 Å². The molecule has 9 aromatic carbocycles. The van der Waals surface area contributed by atoms with Gasteiger partial charge < -0.3 is 0 Å². The van der Waals surface area contributed by atoms with Gasteiger partial charge in [0.05, 0.1) is 16.7 Å². The Morgan fingerprint density at radius 2 is 1.02 bits per heavy atom. The second-order valence-electron chi connectivity index (χ2n) is 13.2. The van der Waals surface area contributed by atoms with Gasteiger partial charge in [-0.1, -0.05) is 125 Å². The number of aromatic nitrogens is 3. The number of thiophene rings is 1. The topological polar surface area (TPSA) is 39.9 Å². The third-order valence-electron chi connectivity index (χ3n) is 10.3. The molecule has 0 amide bonds. The fourth-order valence-electron chi connectivity index (χ4n) is 8.07. The van der Waals surface area contributed by atoms with Gasteiger partial charge in [-0.3, -0.25) is 0 Å². The van der Waals surface area contributed by atoms with E-state index in [2.05, 4.69) is 132 Å². The number of fused-ring (bicyclic) bond motifs is 5. The van der Waals surface area contributed by atoms with Crippen molar-refractivity contribution >= 4 is 74.6 Å². The van der Waals surface area contributed by atoms with E-state index < -0.39 is 0 Å². The summed E-state index contributed by atoms with van der Waals surface area (Å²) in [4.78, 5) is 13.8. The van der Waals surface area contributed by atoms with Gasteiger partial charge in [0.15, 0.2) is 0 Å². The molecular weight excluding hydrogens is 639 g/mol. The van der Waals surface area contributed by atoms with E-state index in [-0.39, 0.29) is 0 Å². The van der Waals surface area contributed by atoms with Crippen molar-refractivity contribution in [3.63, 3.8) is 0 Å².